The molecule has 0 aromatic carbocycles. The summed E-state index contributed by atoms with van der Waals surface area (Å²) in [5, 5.41) is 0. The summed E-state index contributed by atoms with van der Waals surface area (Å²) in [6, 6.07) is 0. The molecule has 94 valence electrons. The van der Waals surface area contributed by atoms with Crippen LogP contribution in [0.15, 0.2) is 0 Å². The minimum absolute atomic E-state index is 0.123. The van der Waals surface area contributed by atoms with Crippen molar-refractivity contribution in [3.63, 3.8) is 0 Å². The number of hydrogen-bond donors (Lipinski definition) is 0. The number of carbonyl (C=O) groups is 1. The largest absolute Gasteiger partial charge is 0.465 e. The van der Waals surface area contributed by atoms with E-state index in [-0.39, 0.29) is 5.97 Å². The van der Waals surface area contributed by atoms with Crippen LogP contribution in [0.3, 0.4) is 0 Å². The molecule has 17 heavy (non-hydrogen) atoms. The topological polar surface area (TPSA) is 26.3 Å². The average Bonchev–Trinajstić information content (AvgIpc) is 2.67. The van der Waals surface area contributed by atoms with Crippen LogP contribution in [-0.4, -0.2) is 21.2 Å². The van der Waals surface area contributed by atoms with E-state index in [1.54, 1.807) is 0 Å². The van der Waals surface area contributed by atoms with E-state index < -0.39 is 8.07 Å². The van der Waals surface area contributed by atoms with Gasteiger partial charge in [-0.25, -0.2) is 4.79 Å². The first-order chi connectivity index (χ1) is 7.95. The minimum Gasteiger partial charge on any atom is -0.465 e. The van der Waals surface area contributed by atoms with Crippen LogP contribution < -0.4 is 4.50 Å². The molecule has 4 heteroatoms. The molecule has 0 saturated heterocycles. The quantitative estimate of drug-likeness (QED) is 0.609. The molecular weight excluding hydrogens is 248 g/mol. The molecule has 1 aliphatic carbocycles. The number of aryl methyl sites for hydroxylation is 1. The minimum atomic E-state index is -1.45. The van der Waals surface area contributed by atoms with Crippen molar-refractivity contribution in [3.05, 3.63) is 16.0 Å². The number of carbonyl (C=O) groups excluding carboxylic acids is 1. The van der Waals surface area contributed by atoms with E-state index in [9.17, 15) is 4.79 Å². The second-order valence-electron chi connectivity index (χ2n) is 5.66. The Kier molecular flexibility index (Phi) is 3.45. The van der Waals surface area contributed by atoms with Crippen LogP contribution in [0, 0.1) is 0 Å². The maximum atomic E-state index is 12.0. The Balaban J connectivity index is 2.59. The van der Waals surface area contributed by atoms with Crippen LogP contribution in [0.4, 0.5) is 0 Å². The summed E-state index contributed by atoms with van der Waals surface area (Å²) in [5.74, 6) is -0.123. The lowest BCUT2D eigenvalue weighted by Crippen LogP contribution is -2.39. The molecule has 0 amide bonds. The molecule has 0 N–H and O–H groups in total. The van der Waals surface area contributed by atoms with Gasteiger partial charge in [0.25, 0.3) is 0 Å². The summed E-state index contributed by atoms with van der Waals surface area (Å²) in [5.41, 5.74) is 2.22. The van der Waals surface area contributed by atoms with E-state index in [0.29, 0.717) is 0 Å². The van der Waals surface area contributed by atoms with Crippen molar-refractivity contribution in [2.75, 3.05) is 7.11 Å². The zero-order chi connectivity index (χ0) is 12.6. The van der Waals surface area contributed by atoms with Gasteiger partial charge in [0, 0.05) is 9.38 Å². The van der Waals surface area contributed by atoms with E-state index in [1.165, 1.54) is 34.9 Å². The Labute approximate surface area is 108 Å². The highest BCUT2D eigenvalue weighted by molar-refractivity contribution is 7.27. The van der Waals surface area contributed by atoms with Gasteiger partial charge in [-0.15, -0.1) is 11.3 Å². The van der Waals surface area contributed by atoms with Gasteiger partial charge in [-0.05, 0) is 31.2 Å². The van der Waals surface area contributed by atoms with Crippen LogP contribution in [0.5, 0.6) is 0 Å². The van der Waals surface area contributed by atoms with Gasteiger partial charge in [-0.3, -0.25) is 0 Å². The molecule has 0 unspecified atom stereocenters. The molecule has 1 aliphatic rings. The fourth-order valence-electron chi connectivity index (χ4n) is 2.41. The lowest BCUT2D eigenvalue weighted by molar-refractivity contribution is 0.0601. The van der Waals surface area contributed by atoms with Crippen molar-refractivity contribution in [1.29, 1.82) is 0 Å². The summed E-state index contributed by atoms with van der Waals surface area (Å²) < 4.78 is 6.32. The molecule has 1 heterocycles. The van der Waals surface area contributed by atoms with Gasteiger partial charge in [0.15, 0.2) is 0 Å². The Bertz CT molecular complexity index is 443. The molecule has 2 rings (SSSR count). The van der Waals surface area contributed by atoms with Crippen LogP contribution in [-0.2, 0) is 17.6 Å². The number of thiophene rings is 1. The average molecular weight is 268 g/mol. The smallest absolute Gasteiger partial charge is 0.338 e. The van der Waals surface area contributed by atoms with Gasteiger partial charge in [0.1, 0.15) is 0 Å². The summed E-state index contributed by atoms with van der Waals surface area (Å²) in [4.78, 5) is 13.5. The standard InChI is InChI=1S/C13H20O2SSi/c1-15-12(14)11-9-7-5-6-8-10(9)16-13(11)17(2,3)4/h5-8H2,1-4H3. The number of fused-ring (bicyclic) bond motifs is 1. The second-order valence-corrected chi connectivity index (χ2v) is 12.1. The first-order valence-corrected chi connectivity index (χ1v) is 10.5. The molecule has 2 nitrogen and oxygen atoms in total. The molecule has 0 aliphatic heterocycles. The first kappa shape index (κ1) is 12.8. The van der Waals surface area contributed by atoms with Crippen LogP contribution in [0.1, 0.15) is 33.6 Å². The number of hydrogen-bond acceptors (Lipinski definition) is 3. The number of rotatable bonds is 2. The van der Waals surface area contributed by atoms with E-state index in [4.69, 9.17) is 4.74 Å². The Morgan fingerprint density at radius 2 is 1.88 bits per heavy atom. The predicted molar refractivity (Wildman–Crippen MR) is 75.3 cm³/mol. The maximum Gasteiger partial charge on any atom is 0.338 e. The predicted octanol–water partition coefficient (Wildman–Crippen LogP) is 2.96. The molecule has 1 aromatic heterocycles. The number of ether oxygens (including phenoxy) is 1. The zero-order valence-electron chi connectivity index (χ0n) is 11.1. The Morgan fingerprint density at radius 3 is 2.47 bits per heavy atom. The summed E-state index contributed by atoms with van der Waals surface area (Å²) in [7, 11) is 0.0348. The monoisotopic (exact) mass is 268 g/mol. The second kappa shape index (κ2) is 4.57. The molecule has 0 spiro atoms. The van der Waals surface area contributed by atoms with E-state index in [1.807, 2.05) is 11.3 Å². The molecule has 0 fully saturated rings. The molecule has 0 atom stereocenters. The summed E-state index contributed by atoms with van der Waals surface area (Å²) >= 11 is 1.87. The van der Waals surface area contributed by atoms with Gasteiger partial charge >= 0.3 is 5.97 Å². The third-order valence-electron chi connectivity index (χ3n) is 3.24. The van der Waals surface area contributed by atoms with Crippen LogP contribution in [0.2, 0.25) is 19.6 Å². The van der Waals surface area contributed by atoms with Crippen molar-refractivity contribution >= 4 is 29.9 Å². The fourth-order valence-corrected chi connectivity index (χ4v) is 6.14. The number of esters is 1. The van der Waals surface area contributed by atoms with Gasteiger partial charge in [-0.2, -0.15) is 0 Å². The first-order valence-electron chi connectivity index (χ1n) is 6.18. The van der Waals surface area contributed by atoms with Gasteiger partial charge in [0.2, 0.25) is 0 Å². The third kappa shape index (κ3) is 2.33. The Morgan fingerprint density at radius 1 is 1.24 bits per heavy atom. The van der Waals surface area contributed by atoms with Gasteiger partial charge in [-0.1, -0.05) is 19.6 Å². The lowest BCUT2D eigenvalue weighted by Gasteiger charge is -2.16. The van der Waals surface area contributed by atoms with Crippen molar-refractivity contribution in [3.8, 4) is 0 Å². The normalized spacial score (nSPS) is 15.5. The van der Waals surface area contributed by atoms with E-state index in [0.717, 1.165) is 18.4 Å². The lowest BCUT2D eigenvalue weighted by atomic mass is 9.96. The highest BCUT2D eigenvalue weighted by Crippen LogP contribution is 2.31. The number of methoxy groups -OCH3 is 1. The van der Waals surface area contributed by atoms with Crippen molar-refractivity contribution in [2.45, 2.75) is 45.3 Å². The fraction of sp³-hybridized carbons (Fsp3) is 0.615. The SMILES string of the molecule is COC(=O)c1c([Si](C)(C)C)sc2c1CCCC2. The van der Waals surface area contributed by atoms with Crippen molar-refractivity contribution < 1.29 is 9.53 Å². The van der Waals surface area contributed by atoms with Gasteiger partial charge < -0.3 is 4.74 Å². The van der Waals surface area contributed by atoms with E-state index in [2.05, 4.69) is 19.6 Å². The van der Waals surface area contributed by atoms with Crippen molar-refractivity contribution in [2.24, 2.45) is 0 Å². The Hall–Kier alpha value is -0.613. The summed E-state index contributed by atoms with van der Waals surface area (Å²) in [6.07, 6.45) is 4.67. The zero-order valence-corrected chi connectivity index (χ0v) is 12.9. The third-order valence-corrected chi connectivity index (χ3v) is 8.10. The summed E-state index contributed by atoms with van der Waals surface area (Å²) in [6.45, 7) is 6.91. The maximum absolute atomic E-state index is 12.0. The van der Waals surface area contributed by atoms with E-state index >= 15 is 0 Å². The molecular formula is C13H20O2SSi. The van der Waals surface area contributed by atoms with Crippen LogP contribution >= 0.6 is 11.3 Å². The highest BCUT2D eigenvalue weighted by atomic mass is 32.1. The van der Waals surface area contributed by atoms with Crippen molar-refractivity contribution in [1.82, 2.24) is 0 Å². The van der Waals surface area contributed by atoms with Crippen LogP contribution in [0.25, 0.3) is 0 Å². The molecule has 0 radical (unpaired) electrons. The molecule has 0 saturated carbocycles. The molecule has 0 bridgehead atoms. The highest BCUT2D eigenvalue weighted by Gasteiger charge is 2.32. The molecule has 1 aromatic rings. The van der Waals surface area contributed by atoms with Gasteiger partial charge in [0.05, 0.1) is 20.7 Å².